The highest BCUT2D eigenvalue weighted by molar-refractivity contribution is 5.95. The standard InChI is InChI=1S/C17H27F3N4O/c1-11(2)24-15(17(18,19)20)14(10-22-24)16(25)21-9-13(4)23-7-5-12(3)6-8-23/h10-13H,5-9H2,1-4H3,(H,21,25). The first kappa shape index (κ1) is 19.8. The molecule has 1 aliphatic rings. The van der Waals surface area contributed by atoms with E-state index >= 15 is 0 Å². The maximum Gasteiger partial charge on any atom is 0.433 e. The second-order valence-electron chi connectivity index (χ2n) is 7.22. The quantitative estimate of drug-likeness (QED) is 0.876. The molecule has 1 fully saturated rings. The zero-order chi connectivity index (χ0) is 18.8. The third-order valence-corrected chi connectivity index (χ3v) is 4.80. The highest BCUT2D eigenvalue weighted by Gasteiger charge is 2.40. The highest BCUT2D eigenvalue weighted by atomic mass is 19.4. The molecule has 2 heterocycles. The smallest absolute Gasteiger partial charge is 0.350 e. The molecule has 1 aromatic rings. The van der Waals surface area contributed by atoms with Gasteiger partial charge in [-0.2, -0.15) is 18.3 Å². The third kappa shape index (κ3) is 4.74. The first-order valence-electron chi connectivity index (χ1n) is 8.78. The van der Waals surface area contributed by atoms with Crippen LogP contribution in [0.1, 0.15) is 62.6 Å². The largest absolute Gasteiger partial charge is 0.433 e. The van der Waals surface area contributed by atoms with E-state index in [-0.39, 0.29) is 6.04 Å². The predicted octanol–water partition coefficient (Wildman–Crippen LogP) is 3.33. The van der Waals surface area contributed by atoms with Gasteiger partial charge in [-0.3, -0.25) is 14.4 Å². The van der Waals surface area contributed by atoms with Crippen molar-refractivity contribution in [1.29, 1.82) is 0 Å². The van der Waals surface area contributed by atoms with E-state index in [0.29, 0.717) is 12.5 Å². The van der Waals surface area contributed by atoms with Crippen molar-refractivity contribution in [3.63, 3.8) is 0 Å². The number of piperidine rings is 1. The molecule has 0 aromatic carbocycles. The van der Waals surface area contributed by atoms with Crippen LogP contribution in [0.4, 0.5) is 13.2 Å². The molecule has 2 rings (SSSR count). The summed E-state index contributed by atoms with van der Waals surface area (Å²) in [5, 5.41) is 6.39. The molecule has 0 radical (unpaired) electrons. The Labute approximate surface area is 146 Å². The minimum atomic E-state index is -4.62. The van der Waals surface area contributed by atoms with Crippen LogP contribution in [0.2, 0.25) is 0 Å². The van der Waals surface area contributed by atoms with Gasteiger partial charge in [-0.05, 0) is 52.6 Å². The Kier molecular flexibility index (Phi) is 6.13. The first-order valence-corrected chi connectivity index (χ1v) is 8.78. The molecule has 1 aromatic heterocycles. The molecule has 1 unspecified atom stereocenters. The Morgan fingerprint density at radius 3 is 2.44 bits per heavy atom. The van der Waals surface area contributed by atoms with Crippen LogP contribution >= 0.6 is 0 Å². The molecule has 1 saturated heterocycles. The molecule has 1 N–H and O–H groups in total. The summed E-state index contributed by atoms with van der Waals surface area (Å²) in [5.41, 5.74) is -1.40. The number of nitrogens with zero attached hydrogens (tertiary/aromatic N) is 3. The van der Waals surface area contributed by atoms with Crippen molar-refractivity contribution < 1.29 is 18.0 Å². The topological polar surface area (TPSA) is 50.2 Å². The molecule has 0 aliphatic carbocycles. The highest BCUT2D eigenvalue weighted by Crippen LogP contribution is 2.33. The predicted molar refractivity (Wildman–Crippen MR) is 89.4 cm³/mol. The number of nitrogens with one attached hydrogen (secondary N) is 1. The Morgan fingerprint density at radius 1 is 1.32 bits per heavy atom. The maximum atomic E-state index is 13.3. The second-order valence-corrected chi connectivity index (χ2v) is 7.22. The van der Waals surface area contributed by atoms with Gasteiger partial charge < -0.3 is 5.32 Å². The first-order chi connectivity index (χ1) is 11.6. The van der Waals surface area contributed by atoms with Gasteiger partial charge in [0.15, 0.2) is 5.69 Å². The SMILES string of the molecule is CC1CCN(C(C)CNC(=O)c2cnn(C(C)C)c2C(F)(F)F)CC1. The van der Waals surface area contributed by atoms with Gasteiger partial charge in [0.2, 0.25) is 0 Å². The summed E-state index contributed by atoms with van der Waals surface area (Å²) < 4.78 is 40.9. The van der Waals surface area contributed by atoms with Gasteiger partial charge in [-0.15, -0.1) is 0 Å². The van der Waals surface area contributed by atoms with E-state index in [2.05, 4.69) is 22.2 Å². The lowest BCUT2D eigenvalue weighted by Gasteiger charge is -2.35. The van der Waals surface area contributed by atoms with Crippen LogP contribution in [-0.2, 0) is 6.18 Å². The number of carbonyl (C=O) groups is 1. The number of aromatic nitrogens is 2. The van der Waals surface area contributed by atoms with Gasteiger partial charge >= 0.3 is 6.18 Å². The summed E-state index contributed by atoms with van der Waals surface area (Å²) in [4.78, 5) is 14.6. The maximum absolute atomic E-state index is 13.3. The van der Waals surface area contributed by atoms with Gasteiger partial charge in [0, 0.05) is 18.6 Å². The molecule has 1 aliphatic heterocycles. The molecule has 1 amide bonds. The number of hydrogen-bond acceptors (Lipinski definition) is 3. The zero-order valence-electron chi connectivity index (χ0n) is 15.2. The van der Waals surface area contributed by atoms with Crippen molar-refractivity contribution in [2.75, 3.05) is 19.6 Å². The van der Waals surface area contributed by atoms with Gasteiger partial charge in [0.1, 0.15) is 0 Å². The van der Waals surface area contributed by atoms with Gasteiger partial charge in [-0.1, -0.05) is 6.92 Å². The molecule has 0 bridgehead atoms. The molecular weight excluding hydrogens is 333 g/mol. The summed E-state index contributed by atoms with van der Waals surface area (Å²) in [7, 11) is 0. The summed E-state index contributed by atoms with van der Waals surface area (Å²) in [6.45, 7) is 9.63. The van der Waals surface area contributed by atoms with Gasteiger partial charge in [-0.25, -0.2) is 0 Å². The molecule has 0 spiro atoms. The monoisotopic (exact) mass is 360 g/mol. The lowest BCUT2D eigenvalue weighted by atomic mass is 9.98. The van der Waals surface area contributed by atoms with Crippen molar-refractivity contribution >= 4 is 5.91 Å². The fraction of sp³-hybridized carbons (Fsp3) is 0.765. The van der Waals surface area contributed by atoms with E-state index in [1.54, 1.807) is 13.8 Å². The number of likely N-dealkylation sites (tertiary alicyclic amines) is 1. The Balaban J connectivity index is 2.04. The van der Waals surface area contributed by atoms with Crippen LogP contribution in [0.25, 0.3) is 0 Å². The van der Waals surface area contributed by atoms with E-state index in [0.717, 1.165) is 36.8 Å². The fourth-order valence-corrected chi connectivity index (χ4v) is 3.14. The lowest BCUT2D eigenvalue weighted by molar-refractivity contribution is -0.145. The third-order valence-electron chi connectivity index (χ3n) is 4.80. The lowest BCUT2D eigenvalue weighted by Crippen LogP contribution is -2.45. The minimum absolute atomic E-state index is 0.0888. The van der Waals surface area contributed by atoms with E-state index in [1.165, 1.54) is 0 Å². The second kappa shape index (κ2) is 7.76. The molecule has 0 saturated carbocycles. The van der Waals surface area contributed by atoms with E-state index in [1.807, 2.05) is 6.92 Å². The fourth-order valence-electron chi connectivity index (χ4n) is 3.14. The zero-order valence-corrected chi connectivity index (χ0v) is 15.2. The van der Waals surface area contributed by atoms with Crippen molar-refractivity contribution in [3.05, 3.63) is 17.5 Å². The van der Waals surface area contributed by atoms with Crippen molar-refractivity contribution in [2.45, 2.75) is 58.8 Å². The molecule has 1 atom stereocenters. The van der Waals surface area contributed by atoms with Crippen LogP contribution in [0, 0.1) is 5.92 Å². The van der Waals surface area contributed by atoms with Crippen LogP contribution < -0.4 is 5.32 Å². The molecular formula is C17H27F3N4O. The number of carbonyl (C=O) groups excluding carboxylic acids is 1. The molecule has 25 heavy (non-hydrogen) atoms. The summed E-state index contributed by atoms with van der Waals surface area (Å²) in [6, 6.07) is -0.390. The number of hydrogen-bond donors (Lipinski definition) is 1. The minimum Gasteiger partial charge on any atom is -0.350 e. The summed E-state index contributed by atoms with van der Waals surface area (Å²) in [6.07, 6.45) is -1.40. The molecule has 142 valence electrons. The van der Waals surface area contributed by atoms with Crippen molar-refractivity contribution in [3.8, 4) is 0 Å². The van der Waals surface area contributed by atoms with Gasteiger partial charge in [0.05, 0.1) is 11.8 Å². The van der Waals surface area contributed by atoms with Crippen LogP contribution in [0.3, 0.4) is 0 Å². The van der Waals surface area contributed by atoms with E-state index in [4.69, 9.17) is 0 Å². The van der Waals surface area contributed by atoms with Crippen LogP contribution in [-0.4, -0.2) is 46.3 Å². The van der Waals surface area contributed by atoms with Crippen molar-refractivity contribution in [1.82, 2.24) is 20.0 Å². The average molecular weight is 360 g/mol. The molecule has 8 heteroatoms. The number of rotatable bonds is 5. The van der Waals surface area contributed by atoms with Crippen LogP contribution in [0.15, 0.2) is 6.20 Å². The summed E-state index contributed by atoms with van der Waals surface area (Å²) >= 11 is 0. The van der Waals surface area contributed by atoms with E-state index < -0.39 is 29.4 Å². The Bertz CT molecular complexity index is 589. The number of amides is 1. The Hall–Kier alpha value is -1.57. The Morgan fingerprint density at radius 2 is 1.92 bits per heavy atom. The number of alkyl halides is 3. The summed E-state index contributed by atoms with van der Waals surface area (Å²) in [5.74, 6) is -0.0225. The number of halogens is 3. The van der Waals surface area contributed by atoms with Gasteiger partial charge in [0.25, 0.3) is 5.91 Å². The van der Waals surface area contributed by atoms with E-state index in [9.17, 15) is 18.0 Å². The van der Waals surface area contributed by atoms with Crippen molar-refractivity contribution in [2.24, 2.45) is 5.92 Å². The molecule has 5 nitrogen and oxygen atoms in total. The van der Waals surface area contributed by atoms with Crippen LogP contribution in [0.5, 0.6) is 0 Å². The average Bonchev–Trinajstić information content (AvgIpc) is 2.98. The normalized spacial score (nSPS) is 18.6.